The Hall–Kier alpha value is -1.59. The largest absolute Gasteiger partial charge is 0.497 e. The molecule has 0 spiro atoms. The van der Waals surface area contributed by atoms with Crippen LogP contribution in [0.4, 0.5) is 5.69 Å². The summed E-state index contributed by atoms with van der Waals surface area (Å²) in [6, 6.07) is 10.7. The van der Waals surface area contributed by atoms with E-state index in [2.05, 4.69) is 40.7 Å². The monoisotopic (exact) mass is 375 g/mol. The zero-order chi connectivity index (χ0) is 19.5. The molecule has 1 fully saturated rings. The van der Waals surface area contributed by atoms with Crippen LogP contribution >= 0.6 is 0 Å². The molecule has 0 unspecified atom stereocenters. The Morgan fingerprint density at radius 3 is 2.12 bits per heavy atom. The highest BCUT2D eigenvalue weighted by atomic mass is 28.4. The van der Waals surface area contributed by atoms with E-state index < -0.39 is 13.9 Å². The summed E-state index contributed by atoms with van der Waals surface area (Å²) in [4.78, 5) is 15.1. The summed E-state index contributed by atoms with van der Waals surface area (Å²) >= 11 is 0. The first kappa shape index (κ1) is 20.7. The second-order valence-electron chi connectivity index (χ2n) is 7.51. The minimum Gasteiger partial charge on any atom is -0.497 e. The Bertz CT molecular complexity index is 654. The van der Waals surface area contributed by atoms with Gasteiger partial charge in [0.2, 0.25) is 0 Å². The fraction of sp³-hybridized carbons (Fsp3) is 0.571. The van der Waals surface area contributed by atoms with Gasteiger partial charge in [-0.05, 0) is 63.2 Å². The van der Waals surface area contributed by atoms with Crippen LogP contribution in [0.1, 0.15) is 41.5 Å². The van der Waals surface area contributed by atoms with Crippen LogP contribution in [0.5, 0.6) is 5.75 Å². The summed E-state index contributed by atoms with van der Waals surface area (Å²) in [5.41, 5.74) is 1.30. The normalized spacial score (nSPS) is 22.8. The minimum atomic E-state index is -1.90. The van der Waals surface area contributed by atoms with E-state index in [1.54, 1.807) is 7.11 Å². The van der Waals surface area contributed by atoms with Gasteiger partial charge in [0.15, 0.2) is 13.9 Å². The molecule has 0 aliphatic carbocycles. The first-order chi connectivity index (χ1) is 12.3. The Balaban J connectivity index is 2.39. The number of methoxy groups -OCH3 is 1. The van der Waals surface area contributed by atoms with Crippen molar-refractivity contribution in [3.63, 3.8) is 0 Å². The SMILES string of the molecule is CC[Si](CC)(CC)O[C@@]1(C)C(=O)N(c2ccc(OC)cc2)[C@H]1C=C(C)C. The molecule has 1 aliphatic rings. The molecule has 4 nitrogen and oxygen atoms in total. The van der Waals surface area contributed by atoms with Crippen LogP contribution in [-0.2, 0) is 9.22 Å². The zero-order valence-electron chi connectivity index (χ0n) is 17.3. The number of benzene rings is 1. The fourth-order valence-corrected chi connectivity index (χ4v) is 6.80. The van der Waals surface area contributed by atoms with E-state index in [0.717, 1.165) is 29.6 Å². The highest BCUT2D eigenvalue weighted by molar-refractivity contribution is 6.73. The van der Waals surface area contributed by atoms with Crippen molar-refractivity contribution in [1.29, 1.82) is 0 Å². The number of nitrogens with zero attached hydrogens (tertiary/aromatic N) is 1. The predicted octanol–water partition coefficient (Wildman–Crippen LogP) is 5.16. The molecule has 2 atom stereocenters. The maximum Gasteiger partial charge on any atom is 0.260 e. The van der Waals surface area contributed by atoms with Gasteiger partial charge in [0, 0.05) is 5.69 Å². The summed E-state index contributed by atoms with van der Waals surface area (Å²) in [5, 5.41) is 0. The lowest BCUT2D eigenvalue weighted by Crippen LogP contribution is -2.75. The van der Waals surface area contributed by atoms with Crippen molar-refractivity contribution in [2.75, 3.05) is 12.0 Å². The molecule has 0 bridgehead atoms. The van der Waals surface area contributed by atoms with Crippen molar-refractivity contribution >= 4 is 19.9 Å². The van der Waals surface area contributed by atoms with Gasteiger partial charge in [0.05, 0.1) is 13.2 Å². The van der Waals surface area contributed by atoms with Crippen LogP contribution in [0, 0.1) is 0 Å². The second kappa shape index (κ2) is 7.97. The molecule has 1 aromatic carbocycles. The van der Waals surface area contributed by atoms with Crippen LogP contribution in [0.15, 0.2) is 35.9 Å². The summed E-state index contributed by atoms with van der Waals surface area (Å²) in [7, 11) is -0.255. The minimum absolute atomic E-state index is 0.0531. The number of carbonyl (C=O) groups excluding carboxylic acids is 1. The lowest BCUT2D eigenvalue weighted by molar-refractivity contribution is -0.145. The van der Waals surface area contributed by atoms with Crippen LogP contribution in [0.3, 0.4) is 0 Å². The molecular weight excluding hydrogens is 342 g/mol. The molecule has 0 radical (unpaired) electrons. The van der Waals surface area contributed by atoms with E-state index in [1.807, 2.05) is 36.1 Å². The smallest absolute Gasteiger partial charge is 0.260 e. The average Bonchev–Trinajstić information content (AvgIpc) is 2.66. The Morgan fingerprint density at radius 2 is 1.69 bits per heavy atom. The van der Waals surface area contributed by atoms with Gasteiger partial charge in [-0.25, -0.2) is 0 Å². The fourth-order valence-electron chi connectivity index (χ4n) is 3.76. The van der Waals surface area contributed by atoms with Gasteiger partial charge in [-0.2, -0.15) is 0 Å². The Morgan fingerprint density at radius 1 is 1.15 bits per heavy atom. The molecule has 0 aromatic heterocycles. The van der Waals surface area contributed by atoms with Gasteiger partial charge in [-0.3, -0.25) is 9.69 Å². The number of anilines is 1. The van der Waals surface area contributed by atoms with Crippen molar-refractivity contribution in [2.24, 2.45) is 0 Å². The number of carbonyl (C=O) groups is 1. The third-order valence-corrected chi connectivity index (χ3v) is 10.4. The molecule has 144 valence electrons. The van der Waals surface area contributed by atoms with E-state index in [1.165, 1.54) is 5.57 Å². The molecule has 1 aromatic rings. The summed E-state index contributed by atoms with van der Waals surface area (Å²) < 4.78 is 11.9. The second-order valence-corrected chi connectivity index (χ2v) is 12.2. The van der Waals surface area contributed by atoms with Gasteiger partial charge in [0.1, 0.15) is 5.75 Å². The summed E-state index contributed by atoms with van der Waals surface area (Å²) in [6.07, 6.45) is 2.16. The molecule has 1 amide bonds. The number of amides is 1. The molecule has 0 saturated carbocycles. The van der Waals surface area contributed by atoms with E-state index in [4.69, 9.17) is 9.16 Å². The van der Waals surface area contributed by atoms with Crippen LogP contribution in [-0.4, -0.2) is 33.0 Å². The average molecular weight is 376 g/mol. The lowest BCUT2D eigenvalue weighted by atomic mass is 9.82. The van der Waals surface area contributed by atoms with E-state index >= 15 is 0 Å². The first-order valence-corrected chi connectivity index (χ1v) is 12.1. The van der Waals surface area contributed by atoms with Crippen LogP contribution in [0.25, 0.3) is 0 Å². The van der Waals surface area contributed by atoms with Gasteiger partial charge in [-0.15, -0.1) is 0 Å². The molecule has 1 heterocycles. The zero-order valence-corrected chi connectivity index (χ0v) is 18.3. The van der Waals surface area contributed by atoms with Crippen molar-refractivity contribution in [3.05, 3.63) is 35.9 Å². The van der Waals surface area contributed by atoms with Crippen molar-refractivity contribution in [3.8, 4) is 5.75 Å². The first-order valence-electron chi connectivity index (χ1n) is 9.59. The predicted molar refractivity (Wildman–Crippen MR) is 110 cm³/mol. The third kappa shape index (κ3) is 3.60. The number of rotatable bonds is 8. The number of β-lactam (4-membered cyclic amide) rings is 1. The molecule has 0 N–H and O–H groups in total. The highest BCUT2D eigenvalue weighted by Crippen LogP contribution is 2.43. The van der Waals surface area contributed by atoms with Gasteiger partial charge >= 0.3 is 0 Å². The molecule has 1 saturated heterocycles. The number of hydrogen-bond donors (Lipinski definition) is 0. The van der Waals surface area contributed by atoms with Crippen molar-refractivity contribution < 1.29 is 14.0 Å². The maximum absolute atomic E-state index is 13.2. The maximum atomic E-state index is 13.2. The van der Waals surface area contributed by atoms with Gasteiger partial charge in [0.25, 0.3) is 5.91 Å². The number of ether oxygens (including phenoxy) is 1. The summed E-state index contributed by atoms with van der Waals surface area (Å²) in [5.74, 6) is 0.839. The molecule has 1 aliphatic heterocycles. The topological polar surface area (TPSA) is 38.8 Å². The standard InChI is InChI=1S/C21H33NO3Si/c1-8-26(9-2,10-3)25-21(6)19(15-16(4)5)22(20(21)23)17-11-13-18(24-7)14-12-17/h11-15,19H,8-10H2,1-7H3/t19-,21+/m0/s1. The van der Waals surface area contributed by atoms with Crippen LogP contribution < -0.4 is 9.64 Å². The van der Waals surface area contributed by atoms with Gasteiger partial charge in [-0.1, -0.05) is 32.4 Å². The molecule has 2 rings (SSSR count). The van der Waals surface area contributed by atoms with E-state index in [0.29, 0.717) is 0 Å². The van der Waals surface area contributed by atoms with Gasteiger partial charge < -0.3 is 9.16 Å². The summed E-state index contributed by atoms with van der Waals surface area (Å²) in [6.45, 7) is 12.7. The number of hydrogen-bond acceptors (Lipinski definition) is 3. The van der Waals surface area contributed by atoms with E-state index in [-0.39, 0.29) is 11.9 Å². The number of allylic oxidation sites excluding steroid dienone is 1. The van der Waals surface area contributed by atoms with Crippen molar-refractivity contribution in [1.82, 2.24) is 0 Å². The molecular formula is C21H33NO3Si. The van der Waals surface area contributed by atoms with Crippen molar-refractivity contribution in [2.45, 2.75) is 71.3 Å². The third-order valence-electron chi connectivity index (χ3n) is 5.69. The van der Waals surface area contributed by atoms with Crippen LogP contribution in [0.2, 0.25) is 18.1 Å². The van der Waals surface area contributed by atoms with E-state index in [9.17, 15) is 4.79 Å². The lowest BCUT2D eigenvalue weighted by Gasteiger charge is -2.56. The molecule has 5 heteroatoms. The Labute approximate surface area is 159 Å². The quantitative estimate of drug-likeness (QED) is 0.358. The molecule has 26 heavy (non-hydrogen) atoms. The Kier molecular flexibility index (Phi) is 6.35. The highest BCUT2D eigenvalue weighted by Gasteiger charge is 2.60.